The number of rotatable bonds is 3. The third kappa shape index (κ3) is 132. The number of hydrogen-bond donors (Lipinski definition) is 0. The largest absolute Gasteiger partial charge is 0.412 e. The average Bonchev–Trinajstić information content (AvgIpc) is 2.24. The van der Waals surface area contributed by atoms with Crippen molar-refractivity contribution < 1.29 is 14.3 Å². The first kappa shape index (κ1) is 29.4. The fourth-order valence-corrected chi connectivity index (χ4v) is 0.577. The van der Waals surface area contributed by atoms with E-state index < -0.39 is 0 Å². The predicted octanol–water partition coefficient (Wildman–Crippen LogP) is 4.60. The summed E-state index contributed by atoms with van der Waals surface area (Å²) in [4.78, 5) is 0. The van der Waals surface area contributed by atoms with Crippen LogP contribution < -0.4 is 0 Å². The summed E-state index contributed by atoms with van der Waals surface area (Å²) in [6.07, 6.45) is 5.34. The fourth-order valence-electron chi connectivity index (χ4n) is 0.577. The molecule has 0 fully saturated rings. The van der Waals surface area contributed by atoms with Gasteiger partial charge in [-0.05, 0) is 5.92 Å². The third-order valence-corrected chi connectivity index (χ3v) is 1.37. The molecule has 0 aromatic carbocycles. The molecule has 0 aromatic rings. The lowest BCUT2D eigenvalue weighted by atomic mass is 10.1. The van der Waals surface area contributed by atoms with Gasteiger partial charge in [0.2, 0.25) is 0 Å². The van der Waals surface area contributed by atoms with E-state index in [1.165, 1.54) is 25.7 Å². The van der Waals surface area contributed by atoms with Gasteiger partial charge in [-0.25, -0.2) is 0 Å². The maximum absolute atomic E-state index is 9.50. The second-order valence-corrected chi connectivity index (χ2v) is 3.18. The summed E-state index contributed by atoms with van der Waals surface area (Å²) < 4.78 is 19.0. The molecular weight excluding hydrogens is 198 g/mol. The molecule has 0 saturated carbocycles. The van der Waals surface area contributed by atoms with Crippen molar-refractivity contribution in [3.05, 3.63) is 0 Å². The molecular formula is C12H32F2O. The van der Waals surface area contributed by atoms with Crippen LogP contribution in [-0.4, -0.2) is 19.8 Å². The zero-order valence-corrected chi connectivity index (χ0v) is 11.7. The van der Waals surface area contributed by atoms with Gasteiger partial charge in [0.1, 0.15) is 0 Å². The molecule has 0 saturated heterocycles. The van der Waals surface area contributed by atoms with Crippen LogP contribution in [0.25, 0.3) is 0 Å². The molecule has 100 valence electrons. The Morgan fingerprint density at radius 3 is 1.00 bits per heavy atom. The van der Waals surface area contributed by atoms with Gasteiger partial charge in [-0.3, -0.25) is 8.78 Å². The second-order valence-electron chi connectivity index (χ2n) is 3.18. The van der Waals surface area contributed by atoms with Crippen LogP contribution in [0.5, 0.6) is 0 Å². The van der Waals surface area contributed by atoms with Gasteiger partial charge in [-0.1, -0.05) is 60.3 Å². The highest BCUT2D eigenvalue weighted by Gasteiger charge is 1.85. The lowest BCUT2D eigenvalue weighted by molar-refractivity contribution is 0.576. The summed E-state index contributed by atoms with van der Waals surface area (Å²) in [5.74, 6) is 0.898. The molecule has 1 nitrogen and oxygen atoms in total. The molecule has 0 spiro atoms. The Labute approximate surface area is 95.6 Å². The van der Waals surface area contributed by atoms with Crippen molar-refractivity contribution in [2.75, 3.05) is 14.4 Å². The Morgan fingerprint density at radius 2 is 1.00 bits per heavy atom. The third-order valence-electron chi connectivity index (χ3n) is 1.37. The quantitative estimate of drug-likeness (QED) is 0.679. The predicted molar refractivity (Wildman–Crippen MR) is 68.0 cm³/mol. The SMILES string of the molecule is CCCC.CCCC(C)C.CF.CF.O. The minimum atomic E-state index is 0. The summed E-state index contributed by atoms with van der Waals surface area (Å²) in [6.45, 7) is 11.1. The number of alkyl halides is 2. The van der Waals surface area contributed by atoms with Crippen molar-refractivity contribution >= 4 is 0 Å². The summed E-state index contributed by atoms with van der Waals surface area (Å²) in [7, 11) is 1.00. The van der Waals surface area contributed by atoms with Gasteiger partial charge in [0.05, 0.1) is 14.4 Å². The smallest absolute Gasteiger partial charge is 0.0785 e. The topological polar surface area (TPSA) is 31.5 Å². The maximum atomic E-state index is 9.50. The van der Waals surface area contributed by atoms with Crippen LogP contribution >= 0.6 is 0 Å². The molecule has 0 unspecified atom stereocenters. The van der Waals surface area contributed by atoms with E-state index in [1.54, 1.807) is 0 Å². The van der Waals surface area contributed by atoms with Gasteiger partial charge in [0.25, 0.3) is 0 Å². The minimum Gasteiger partial charge on any atom is -0.412 e. The highest BCUT2D eigenvalue weighted by atomic mass is 19.1. The highest BCUT2D eigenvalue weighted by molar-refractivity contribution is 4.38. The number of unbranched alkanes of at least 4 members (excludes halogenated alkanes) is 1. The molecule has 0 aliphatic heterocycles. The first-order valence-corrected chi connectivity index (χ1v) is 5.44. The van der Waals surface area contributed by atoms with Gasteiger partial charge in [0.15, 0.2) is 0 Å². The number of halogens is 2. The summed E-state index contributed by atoms with van der Waals surface area (Å²) >= 11 is 0. The normalized spacial score (nSPS) is 6.80. The summed E-state index contributed by atoms with van der Waals surface area (Å²) in [6, 6.07) is 0. The molecule has 2 N–H and O–H groups in total. The molecule has 15 heavy (non-hydrogen) atoms. The van der Waals surface area contributed by atoms with E-state index in [0.717, 1.165) is 5.92 Å². The van der Waals surface area contributed by atoms with Gasteiger partial charge in [-0.2, -0.15) is 0 Å². The van der Waals surface area contributed by atoms with Crippen molar-refractivity contribution in [2.24, 2.45) is 5.92 Å². The van der Waals surface area contributed by atoms with E-state index in [9.17, 15) is 8.78 Å². The van der Waals surface area contributed by atoms with Crippen LogP contribution in [0.15, 0.2) is 0 Å². The highest BCUT2D eigenvalue weighted by Crippen LogP contribution is 2.00. The Bertz CT molecular complexity index is 48.9. The van der Waals surface area contributed by atoms with E-state index in [-0.39, 0.29) is 5.48 Å². The van der Waals surface area contributed by atoms with Crippen LogP contribution in [0.2, 0.25) is 0 Å². The van der Waals surface area contributed by atoms with Gasteiger partial charge < -0.3 is 5.48 Å². The summed E-state index contributed by atoms with van der Waals surface area (Å²) in [5.41, 5.74) is 0. The monoisotopic (exact) mass is 230 g/mol. The van der Waals surface area contributed by atoms with E-state index in [0.29, 0.717) is 14.4 Å². The van der Waals surface area contributed by atoms with E-state index >= 15 is 0 Å². The lowest BCUT2D eigenvalue weighted by Crippen LogP contribution is -1.81. The molecule has 0 atom stereocenters. The molecule has 0 aliphatic rings. The molecule has 0 radical (unpaired) electrons. The Morgan fingerprint density at radius 1 is 0.733 bits per heavy atom. The van der Waals surface area contributed by atoms with Crippen LogP contribution in [0.1, 0.15) is 60.3 Å². The van der Waals surface area contributed by atoms with E-state index in [2.05, 4.69) is 34.6 Å². The molecule has 0 amide bonds. The van der Waals surface area contributed by atoms with Crippen molar-refractivity contribution in [2.45, 2.75) is 60.3 Å². The second kappa shape index (κ2) is 48.8. The van der Waals surface area contributed by atoms with Crippen LogP contribution in [0.3, 0.4) is 0 Å². The molecule has 0 rings (SSSR count). The van der Waals surface area contributed by atoms with Crippen molar-refractivity contribution in [1.29, 1.82) is 0 Å². The molecule has 3 heteroatoms. The standard InChI is InChI=1S/C6H14.C4H10.2CH3F.H2O/c1-4-5-6(2)3;1-3-4-2;2*1-2;/h6H,4-5H2,1-3H3;3-4H2,1-2H3;2*1H3;1H2. The van der Waals surface area contributed by atoms with Gasteiger partial charge in [0, 0.05) is 0 Å². The van der Waals surface area contributed by atoms with Crippen molar-refractivity contribution in [3.8, 4) is 0 Å². The van der Waals surface area contributed by atoms with Gasteiger partial charge >= 0.3 is 0 Å². The molecule has 0 aliphatic carbocycles. The average molecular weight is 230 g/mol. The van der Waals surface area contributed by atoms with Crippen LogP contribution in [0, 0.1) is 5.92 Å². The zero-order chi connectivity index (χ0) is 12.4. The molecule has 0 bridgehead atoms. The Kier molecular flexibility index (Phi) is 95.6. The molecule has 0 aromatic heterocycles. The van der Waals surface area contributed by atoms with Gasteiger partial charge in [-0.15, -0.1) is 0 Å². The lowest BCUT2D eigenvalue weighted by Gasteiger charge is -1.95. The Balaban J connectivity index is -0.0000000327. The first-order chi connectivity index (χ1) is 6.68. The van der Waals surface area contributed by atoms with Crippen molar-refractivity contribution in [1.82, 2.24) is 0 Å². The van der Waals surface area contributed by atoms with Crippen LogP contribution in [-0.2, 0) is 0 Å². The zero-order valence-electron chi connectivity index (χ0n) is 11.7. The maximum Gasteiger partial charge on any atom is 0.0785 e. The summed E-state index contributed by atoms with van der Waals surface area (Å²) in [5, 5.41) is 0. The van der Waals surface area contributed by atoms with E-state index in [4.69, 9.17) is 0 Å². The first-order valence-electron chi connectivity index (χ1n) is 5.44. The number of hydrogen-bond acceptors (Lipinski definition) is 0. The fraction of sp³-hybridized carbons (Fsp3) is 1.00. The van der Waals surface area contributed by atoms with Crippen molar-refractivity contribution in [3.63, 3.8) is 0 Å². The molecule has 0 heterocycles. The Hall–Kier alpha value is -0.180. The van der Waals surface area contributed by atoms with E-state index in [1.807, 2.05) is 0 Å². The van der Waals surface area contributed by atoms with Crippen LogP contribution in [0.4, 0.5) is 8.78 Å². The minimum absolute atomic E-state index is 0.